The highest BCUT2D eigenvalue weighted by Gasteiger charge is 2.30. The smallest absolute Gasteiger partial charge is 0.335 e. The molecular formula is C19H14I2N2O5. The van der Waals surface area contributed by atoms with Crippen LogP contribution in [0.4, 0.5) is 4.79 Å². The molecule has 1 heterocycles. The first-order valence-corrected chi connectivity index (χ1v) is 10.2. The third kappa shape index (κ3) is 4.46. The molecule has 0 unspecified atom stereocenters. The van der Waals surface area contributed by atoms with E-state index in [4.69, 9.17) is 9.84 Å². The molecule has 2 aromatic rings. The number of benzene rings is 2. The molecule has 2 aromatic carbocycles. The normalized spacial score (nSPS) is 15.1. The number of halogens is 2. The predicted octanol–water partition coefficient (Wildman–Crippen LogP) is 3.70. The van der Waals surface area contributed by atoms with E-state index in [-0.39, 0.29) is 17.2 Å². The van der Waals surface area contributed by atoms with E-state index in [9.17, 15) is 14.4 Å². The topological polar surface area (TPSA) is 95.9 Å². The highest BCUT2D eigenvalue weighted by molar-refractivity contribution is 14.1. The SMILES string of the molecule is CN1C(=O)N/C(=C/c2cc(I)c(OCc3ccc(C(=O)O)cc3)c(I)c2)C1=O. The number of carbonyl (C=O) groups is 3. The van der Waals surface area contributed by atoms with Crippen molar-refractivity contribution in [1.82, 2.24) is 10.2 Å². The second-order valence-corrected chi connectivity index (χ2v) is 8.28. The fraction of sp³-hybridized carbons (Fsp3) is 0.105. The van der Waals surface area contributed by atoms with Crippen LogP contribution in [0.2, 0.25) is 0 Å². The molecule has 7 nitrogen and oxygen atoms in total. The van der Waals surface area contributed by atoms with Crippen molar-refractivity contribution in [2.75, 3.05) is 7.05 Å². The van der Waals surface area contributed by atoms with Gasteiger partial charge >= 0.3 is 12.0 Å². The summed E-state index contributed by atoms with van der Waals surface area (Å²) < 4.78 is 7.61. The van der Waals surface area contributed by atoms with Gasteiger partial charge < -0.3 is 15.2 Å². The molecule has 0 atom stereocenters. The first-order valence-electron chi connectivity index (χ1n) is 8.01. The van der Waals surface area contributed by atoms with Crippen molar-refractivity contribution < 1.29 is 24.2 Å². The maximum absolute atomic E-state index is 12.0. The van der Waals surface area contributed by atoms with Gasteiger partial charge in [-0.3, -0.25) is 9.69 Å². The number of rotatable bonds is 5. The van der Waals surface area contributed by atoms with E-state index in [1.807, 2.05) is 12.1 Å². The molecule has 0 radical (unpaired) electrons. The molecule has 2 N–H and O–H groups in total. The number of nitrogens with one attached hydrogen (secondary N) is 1. The minimum atomic E-state index is -0.968. The Kier molecular flexibility index (Phi) is 6.23. The van der Waals surface area contributed by atoms with Crippen LogP contribution in [0.25, 0.3) is 6.08 Å². The van der Waals surface area contributed by atoms with E-state index in [1.54, 1.807) is 18.2 Å². The Hall–Kier alpha value is -2.15. The van der Waals surface area contributed by atoms with Crippen LogP contribution in [0, 0.1) is 7.14 Å². The molecule has 1 aliphatic heterocycles. The number of urea groups is 1. The van der Waals surface area contributed by atoms with Crippen LogP contribution >= 0.6 is 45.2 Å². The number of imide groups is 1. The summed E-state index contributed by atoms with van der Waals surface area (Å²) in [7, 11) is 1.42. The van der Waals surface area contributed by atoms with E-state index in [0.717, 1.165) is 23.2 Å². The molecule has 0 bridgehead atoms. The lowest BCUT2D eigenvalue weighted by atomic mass is 10.1. The van der Waals surface area contributed by atoms with Gasteiger partial charge in [0, 0.05) is 7.05 Å². The van der Waals surface area contributed by atoms with Crippen molar-refractivity contribution in [3.8, 4) is 5.75 Å². The molecule has 144 valence electrons. The van der Waals surface area contributed by atoms with Gasteiger partial charge in [0.15, 0.2) is 0 Å². The number of hydrogen-bond donors (Lipinski definition) is 2. The Morgan fingerprint density at radius 2 is 1.79 bits per heavy atom. The number of nitrogens with zero attached hydrogens (tertiary/aromatic N) is 1. The fourth-order valence-corrected chi connectivity index (χ4v) is 4.62. The first kappa shape index (κ1) is 20.6. The lowest BCUT2D eigenvalue weighted by Crippen LogP contribution is -2.25. The summed E-state index contributed by atoms with van der Waals surface area (Å²) in [5.41, 5.74) is 2.08. The maximum atomic E-state index is 12.0. The van der Waals surface area contributed by atoms with Crippen LogP contribution < -0.4 is 10.1 Å². The Bertz CT molecular complexity index is 979. The number of ether oxygens (including phenoxy) is 1. The lowest BCUT2D eigenvalue weighted by molar-refractivity contribution is -0.121. The van der Waals surface area contributed by atoms with Crippen molar-refractivity contribution in [3.63, 3.8) is 0 Å². The first-order chi connectivity index (χ1) is 13.3. The highest BCUT2D eigenvalue weighted by Crippen LogP contribution is 2.30. The van der Waals surface area contributed by atoms with E-state index in [0.29, 0.717) is 12.4 Å². The molecule has 0 saturated carbocycles. The molecule has 0 aromatic heterocycles. The summed E-state index contributed by atoms with van der Waals surface area (Å²) in [6, 6.07) is 9.77. The monoisotopic (exact) mass is 604 g/mol. The zero-order valence-electron chi connectivity index (χ0n) is 14.5. The number of hydrogen-bond acceptors (Lipinski definition) is 4. The van der Waals surface area contributed by atoms with Crippen LogP contribution in [-0.2, 0) is 11.4 Å². The van der Waals surface area contributed by atoms with E-state index >= 15 is 0 Å². The number of likely N-dealkylation sites (N-methyl/N-ethyl adjacent to an activating group) is 1. The van der Waals surface area contributed by atoms with Crippen molar-refractivity contribution in [1.29, 1.82) is 0 Å². The Labute approximate surface area is 188 Å². The quantitative estimate of drug-likeness (QED) is 0.309. The van der Waals surface area contributed by atoms with Gasteiger partial charge in [-0.05, 0) is 86.7 Å². The van der Waals surface area contributed by atoms with Crippen molar-refractivity contribution in [3.05, 3.63) is 65.9 Å². The second kappa shape index (κ2) is 8.47. The van der Waals surface area contributed by atoms with Gasteiger partial charge in [0.05, 0.1) is 12.7 Å². The molecule has 0 aliphatic carbocycles. The zero-order valence-corrected chi connectivity index (χ0v) is 18.8. The molecule has 3 amide bonds. The molecular weight excluding hydrogens is 590 g/mol. The molecule has 1 saturated heterocycles. The van der Waals surface area contributed by atoms with Gasteiger partial charge in [-0.15, -0.1) is 0 Å². The van der Waals surface area contributed by atoms with Crippen LogP contribution in [0.1, 0.15) is 21.5 Å². The number of amides is 3. The van der Waals surface area contributed by atoms with Gasteiger partial charge in [-0.25, -0.2) is 9.59 Å². The molecule has 0 spiro atoms. The Balaban J connectivity index is 1.76. The molecule has 3 rings (SSSR count). The van der Waals surface area contributed by atoms with E-state index < -0.39 is 12.0 Å². The minimum Gasteiger partial charge on any atom is -0.487 e. The van der Waals surface area contributed by atoms with Crippen LogP contribution in [0.15, 0.2) is 42.1 Å². The lowest BCUT2D eigenvalue weighted by Gasteiger charge is -2.12. The van der Waals surface area contributed by atoms with E-state index in [2.05, 4.69) is 50.5 Å². The maximum Gasteiger partial charge on any atom is 0.335 e. The fourth-order valence-electron chi connectivity index (χ4n) is 2.49. The summed E-state index contributed by atoms with van der Waals surface area (Å²) in [5, 5.41) is 11.5. The summed E-state index contributed by atoms with van der Waals surface area (Å²) >= 11 is 4.30. The van der Waals surface area contributed by atoms with Crippen molar-refractivity contribution >= 4 is 69.2 Å². The van der Waals surface area contributed by atoms with E-state index in [1.165, 1.54) is 19.2 Å². The van der Waals surface area contributed by atoms with Crippen LogP contribution in [0.3, 0.4) is 0 Å². The predicted molar refractivity (Wildman–Crippen MR) is 119 cm³/mol. The number of carbonyl (C=O) groups excluding carboxylic acids is 2. The zero-order chi connectivity index (χ0) is 20.4. The minimum absolute atomic E-state index is 0.226. The molecule has 1 aliphatic rings. The van der Waals surface area contributed by atoms with Gasteiger partial charge in [0.1, 0.15) is 18.1 Å². The van der Waals surface area contributed by atoms with Gasteiger partial charge in [-0.1, -0.05) is 12.1 Å². The third-order valence-corrected chi connectivity index (χ3v) is 5.60. The summed E-state index contributed by atoms with van der Waals surface area (Å²) in [6.07, 6.45) is 1.63. The average molecular weight is 604 g/mol. The van der Waals surface area contributed by atoms with Crippen molar-refractivity contribution in [2.45, 2.75) is 6.61 Å². The molecule has 9 heteroatoms. The highest BCUT2D eigenvalue weighted by atomic mass is 127. The van der Waals surface area contributed by atoms with Gasteiger partial charge in [0.25, 0.3) is 5.91 Å². The standard InChI is InChI=1S/C19H14I2N2O5/c1-23-17(24)15(22-19(23)27)8-11-6-13(20)16(14(21)7-11)28-9-10-2-4-12(5-3-10)18(25)26/h2-8H,9H2,1H3,(H,22,27)(H,25,26)/b15-8+. The third-order valence-electron chi connectivity index (χ3n) is 4.00. The molecule has 28 heavy (non-hydrogen) atoms. The summed E-state index contributed by atoms with van der Waals surface area (Å²) in [5.74, 6) is -0.644. The molecule has 1 fully saturated rings. The summed E-state index contributed by atoms with van der Waals surface area (Å²) in [6.45, 7) is 0.297. The average Bonchev–Trinajstić information content (AvgIpc) is 2.88. The van der Waals surface area contributed by atoms with Crippen molar-refractivity contribution in [2.24, 2.45) is 0 Å². The van der Waals surface area contributed by atoms with Crippen LogP contribution in [0.5, 0.6) is 5.75 Å². The number of carboxylic acids is 1. The number of aromatic carboxylic acids is 1. The summed E-state index contributed by atoms with van der Waals surface area (Å²) in [4.78, 5) is 35.5. The van der Waals surface area contributed by atoms with Gasteiger partial charge in [-0.2, -0.15) is 0 Å². The Morgan fingerprint density at radius 3 is 2.29 bits per heavy atom. The van der Waals surface area contributed by atoms with Gasteiger partial charge in [0.2, 0.25) is 0 Å². The largest absolute Gasteiger partial charge is 0.487 e. The number of carboxylic acid groups (broad SMARTS) is 1. The second-order valence-electron chi connectivity index (χ2n) is 5.96. The Morgan fingerprint density at radius 1 is 1.18 bits per heavy atom. The van der Waals surface area contributed by atoms with Crippen LogP contribution in [-0.4, -0.2) is 35.0 Å².